The van der Waals surface area contributed by atoms with E-state index in [2.05, 4.69) is 42.5 Å². The molecule has 0 saturated heterocycles. The summed E-state index contributed by atoms with van der Waals surface area (Å²) in [5, 5.41) is 39.8. The Kier molecular flexibility index (Phi) is 7.12. The highest BCUT2D eigenvalue weighted by Gasteiger charge is 2.44. The maximum atomic E-state index is 10.0. The molecule has 208 valence electrons. The number of hydrogen-bond acceptors (Lipinski definition) is 4. The van der Waals surface area contributed by atoms with Crippen molar-refractivity contribution in [1.29, 1.82) is 0 Å². The first-order valence-corrected chi connectivity index (χ1v) is 14.9. The summed E-state index contributed by atoms with van der Waals surface area (Å²) in [4.78, 5) is 0. The Morgan fingerprint density at radius 3 is 1.20 bits per heavy atom. The highest BCUT2D eigenvalue weighted by atomic mass is 16.3. The number of hydrogen-bond donors (Lipinski definition) is 4. The van der Waals surface area contributed by atoms with Gasteiger partial charge in [-0.05, 0) is 129 Å². The number of phenolic OH excluding ortho intramolecular Hbond substituents is 3. The second kappa shape index (κ2) is 10.7. The number of allylic oxidation sites excluding steroid dienone is 4. The summed E-state index contributed by atoms with van der Waals surface area (Å²) in [5.74, 6) is 2.72. The van der Waals surface area contributed by atoms with Crippen molar-refractivity contribution in [3.63, 3.8) is 0 Å². The quantitative estimate of drug-likeness (QED) is 0.263. The molecule has 3 aliphatic carbocycles. The molecule has 0 aliphatic heterocycles. The summed E-state index contributed by atoms with van der Waals surface area (Å²) in [6.45, 7) is 0. The lowest BCUT2D eigenvalue weighted by Crippen LogP contribution is -2.39. The summed E-state index contributed by atoms with van der Waals surface area (Å²) >= 11 is 0. The van der Waals surface area contributed by atoms with Crippen LogP contribution in [0.25, 0.3) is 0 Å². The Morgan fingerprint density at radius 2 is 0.825 bits per heavy atom. The van der Waals surface area contributed by atoms with Crippen molar-refractivity contribution in [2.45, 2.75) is 75.0 Å². The van der Waals surface area contributed by atoms with Crippen molar-refractivity contribution in [3.05, 3.63) is 113 Å². The molecule has 0 radical (unpaired) electrons. The highest BCUT2D eigenvalue weighted by Crippen LogP contribution is 2.54. The first-order chi connectivity index (χ1) is 19.4. The number of benzene rings is 3. The lowest BCUT2D eigenvalue weighted by atomic mass is 9.56. The minimum Gasteiger partial charge on any atom is -0.512 e. The average molecular weight is 537 g/mol. The van der Waals surface area contributed by atoms with E-state index in [1.165, 1.54) is 35.1 Å². The van der Waals surface area contributed by atoms with Gasteiger partial charge < -0.3 is 20.4 Å². The van der Waals surface area contributed by atoms with Gasteiger partial charge in [0.2, 0.25) is 0 Å². The van der Waals surface area contributed by atoms with Gasteiger partial charge in [0, 0.05) is 17.3 Å². The molecule has 0 spiro atoms. The Balaban J connectivity index is 1.22. The van der Waals surface area contributed by atoms with E-state index in [1.54, 1.807) is 24.3 Å². The van der Waals surface area contributed by atoms with Crippen LogP contribution in [-0.2, 0) is 10.8 Å². The number of aliphatic hydroxyl groups is 1. The van der Waals surface area contributed by atoms with Gasteiger partial charge in [0.05, 0.1) is 5.76 Å². The minimum absolute atomic E-state index is 0.0299. The van der Waals surface area contributed by atoms with Crippen molar-refractivity contribution in [2.75, 3.05) is 0 Å². The maximum absolute atomic E-state index is 10.0. The van der Waals surface area contributed by atoms with Crippen molar-refractivity contribution in [1.82, 2.24) is 0 Å². The molecule has 3 aliphatic rings. The summed E-state index contributed by atoms with van der Waals surface area (Å²) in [5.41, 5.74) is 5.04. The van der Waals surface area contributed by atoms with Crippen molar-refractivity contribution in [3.8, 4) is 17.2 Å². The van der Waals surface area contributed by atoms with Gasteiger partial charge >= 0.3 is 0 Å². The van der Waals surface area contributed by atoms with Crippen LogP contribution in [0.3, 0.4) is 0 Å². The van der Waals surface area contributed by atoms with Crippen LogP contribution in [0.4, 0.5) is 0 Å². The Bertz CT molecular complexity index is 1320. The molecule has 3 aromatic carbocycles. The molecule has 2 fully saturated rings. The van der Waals surface area contributed by atoms with E-state index in [0.29, 0.717) is 29.8 Å². The van der Waals surface area contributed by atoms with E-state index in [4.69, 9.17) is 0 Å². The molecule has 40 heavy (non-hydrogen) atoms. The fourth-order valence-corrected chi connectivity index (χ4v) is 8.11. The van der Waals surface area contributed by atoms with Gasteiger partial charge in [0.15, 0.2) is 0 Å². The van der Waals surface area contributed by atoms with Gasteiger partial charge in [-0.15, -0.1) is 0 Å². The number of phenols is 3. The molecule has 2 saturated carbocycles. The highest BCUT2D eigenvalue weighted by molar-refractivity contribution is 5.44. The SMILES string of the molecule is OC1=CC=C(C2(c3ccc(O)cc3)CCC(C3CCC(c4ccc(O)cc4)(c4ccc(O)cc4)CC3)CC2)CC1. The lowest BCUT2D eigenvalue weighted by molar-refractivity contribution is 0.138. The van der Waals surface area contributed by atoms with Crippen LogP contribution >= 0.6 is 0 Å². The zero-order valence-corrected chi connectivity index (χ0v) is 23.1. The molecule has 6 rings (SSSR count). The van der Waals surface area contributed by atoms with Crippen LogP contribution in [0.1, 0.15) is 80.9 Å². The maximum Gasteiger partial charge on any atom is 0.115 e. The number of aromatic hydroxyl groups is 3. The van der Waals surface area contributed by atoms with Crippen LogP contribution in [0.15, 0.2) is 96.3 Å². The first kappa shape index (κ1) is 26.6. The predicted molar refractivity (Wildman–Crippen MR) is 159 cm³/mol. The summed E-state index contributed by atoms with van der Waals surface area (Å²) in [7, 11) is 0. The first-order valence-electron chi connectivity index (χ1n) is 14.9. The fourth-order valence-electron chi connectivity index (χ4n) is 8.11. The fraction of sp³-hybridized carbons (Fsp3) is 0.389. The van der Waals surface area contributed by atoms with Gasteiger partial charge in [-0.1, -0.05) is 48.0 Å². The predicted octanol–water partition coefficient (Wildman–Crippen LogP) is 8.57. The molecule has 0 aromatic heterocycles. The van der Waals surface area contributed by atoms with Crippen LogP contribution < -0.4 is 0 Å². The molecule has 0 atom stereocenters. The van der Waals surface area contributed by atoms with Gasteiger partial charge in [0.25, 0.3) is 0 Å². The van der Waals surface area contributed by atoms with E-state index in [-0.39, 0.29) is 22.3 Å². The molecule has 3 aromatic rings. The van der Waals surface area contributed by atoms with Gasteiger partial charge in [-0.25, -0.2) is 0 Å². The van der Waals surface area contributed by atoms with Crippen LogP contribution in [0.2, 0.25) is 0 Å². The Hall–Kier alpha value is -3.66. The molecular formula is C36H40O4. The third kappa shape index (κ3) is 4.89. The van der Waals surface area contributed by atoms with E-state index < -0.39 is 0 Å². The van der Waals surface area contributed by atoms with Crippen molar-refractivity contribution < 1.29 is 20.4 Å². The van der Waals surface area contributed by atoms with E-state index in [1.807, 2.05) is 18.2 Å². The van der Waals surface area contributed by atoms with Crippen LogP contribution in [0, 0.1) is 11.8 Å². The normalized spacial score (nSPS) is 25.1. The molecule has 0 heterocycles. The van der Waals surface area contributed by atoms with E-state index >= 15 is 0 Å². The lowest BCUT2D eigenvalue weighted by Gasteiger charge is -2.48. The largest absolute Gasteiger partial charge is 0.512 e. The molecule has 4 heteroatoms. The minimum atomic E-state index is -0.108. The van der Waals surface area contributed by atoms with Gasteiger partial charge in [0.1, 0.15) is 17.2 Å². The molecule has 4 N–H and O–H groups in total. The van der Waals surface area contributed by atoms with Crippen molar-refractivity contribution in [2.24, 2.45) is 11.8 Å². The summed E-state index contributed by atoms with van der Waals surface area (Å²) in [6, 6.07) is 23.3. The summed E-state index contributed by atoms with van der Waals surface area (Å²) in [6.07, 6.45) is 14.6. The van der Waals surface area contributed by atoms with Gasteiger partial charge in [-0.3, -0.25) is 0 Å². The second-order valence-electron chi connectivity index (χ2n) is 12.3. The van der Waals surface area contributed by atoms with Crippen LogP contribution in [0.5, 0.6) is 17.2 Å². The smallest absolute Gasteiger partial charge is 0.115 e. The second-order valence-corrected chi connectivity index (χ2v) is 12.3. The standard InChI is InChI=1S/C36H40O4/c37-31-9-1-27(2-10-31)35(28-3-11-32(38)12-4-28)21-17-25(18-22-35)26-19-23-36(24-20-26,29-5-13-33(39)14-6-29)30-7-15-34(40)16-8-30/h1-7,9-15,25-26,37-40H,8,16-24H2. The molecule has 0 amide bonds. The monoisotopic (exact) mass is 536 g/mol. The van der Waals surface area contributed by atoms with E-state index in [0.717, 1.165) is 44.9 Å². The zero-order valence-electron chi connectivity index (χ0n) is 23.1. The molecule has 0 bridgehead atoms. The topological polar surface area (TPSA) is 80.9 Å². The summed E-state index contributed by atoms with van der Waals surface area (Å²) < 4.78 is 0. The van der Waals surface area contributed by atoms with Crippen molar-refractivity contribution >= 4 is 0 Å². The molecule has 4 nitrogen and oxygen atoms in total. The number of rotatable bonds is 5. The molecule has 0 unspecified atom stereocenters. The Labute approximate surface area is 237 Å². The third-order valence-electron chi connectivity index (χ3n) is 10.4. The Morgan fingerprint density at radius 1 is 0.450 bits per heavy atom. The number of aliphatic hydroxyl groups excluding tert-OH is 1. The van der Waals surface area contributed by atoms with E-state index in [9.17, 15) is 20.4 Å². The zero-order chi connectivity index (χ0) is 27.7. The van der Waals surface area contributed by atoms with Gasteiger partial charge in [-0.2, -0.15) is 0 Å². The molecular weight excluding hydrogens is 496 g/mol. The third-order valence-corrected chi connectivity index (χ3v) is 10.4. The van der Waals surface area contributed by atoms with Crippen LogP contribution in [-0.4, -0.2) is 20.4 Å². The average Bonchev–Trinajstić information content (AvgIpc) is 2.99.